The second-order valence-electron chi connectivity index (χ2n) is 5.67. The monoisotopic (exact) mass is 369 g/mol. The fraction of sp³-hybridized carbons (Fsp3) is 0.250. The number of nitrogens with one attached hydrogen (secondary N) is 2. The highest BCUT2D eigenvalue weighted by atomic mass is 16.5. The first-order valence-corrected chi connectivity index (χ1v) is 8.54. The lowest BCUT2D eigenvalue weighted by atomic mass is 10.1. The van der Waals surface area contributed by atoms with Crippen molar-refractivity contribution in [3.63, 3.8) is 0 Å². The third-order valence-corrected chi connectivity index (χ3v) is 3.74. The molecule has 0 saturated carbocycles. The van der Waals surface area contributed by atoms with E-state index in [9.17, 15) is 9.59 Å². The van der Waals surface area contributed by atoms with Crippen molar-refractivity contribution in [2.45, 2.75) is 19.9 Å². The Kier molecular flexibility index (Phi) is 7.37. The van der Waals surface area contributed by atoms with Crippen molar-refractivity contribution in [3.8, 4) is 11.5 Å². The zero-order valence-electron chi connectivity index (χ0n) is 15.6. The molecule has 0 fully saturated rings. The summed E-state index contributed by atoms with van der Waals surface area (Å²) in [5.74, 6) is -0.121. The molecule has 0 saturated heterocycles. The van der Waals surface area contributed by atoms with E-state index in [0.29, 0.717) is 6.61 Å². The topological polar surface area (TPSA) is 89.0 Å². The minimum Gasteiger partial charge on any atom is -0.497 e. The van der Waals surface area contributed by atoms with Gasteiger partial charge in [0.1, 0.15) is 11.5 Å². The maximum Gasteiger partial charge on any atom is 0.329 e. The Hall–Kier alpha value is -3.35. The summed E-state index contributed by atoms with van der Waals surface area (Å²) in [6.45, 7) is 4.29. The lowest BCUT2D eigenvalue weighted by Crippen LogP contribution is -2.39. The second kappa shape index (κ2) is 9.96. The minimum atomic E-state index is -0.836. The van der Waals surface area contributed by atoms with Gasteiger partial charge in [0.05, 0.1) is 26.0 Å². The van der Waals surface area contributed by atoms with Crippen molar-refractivity contribution in [1.29, 1.82) is 0 Å². The van der Waals surface area contributed by atoms with Gasteiger partial charge < -0.3 is 14.8 Å². The number of carbonyl (C=O) groups excluding carboxylic acids is 2. The largest absolute Gasteiger partial charge is 0.497 e. The number of hydrogen-bond acceptors (Lipinski definition) is 5. The smallest absolute Gasteiger partial charge is 0.329 e. The van der Waals surface area contributed by atoms with E-state index in [-0.39, 0.29) is 6.04 Å². The molecule has 0 bridgehead atoms. The number of nitrogens with zero attached hydrogens (tertiary/aromatic N) is 1. The molecule has 0 spiro atoms. The zero-order chi connectivity index (χ0) is 19.6. The Bertz CT molecular complexity index is 786. The van der Waals surface area contributed by atoms with Crippen LogP contribution in [0.1, 0.15) is 31.0 Å². The third-order valence-electron chi connectivity index (χ3n) is 3.74. The second-order valence-corrected chi connectivity index (χ2v) is 5.67. The van der Waals surface area contributed by atoms with Crippen LogP contribution in [-0.4, -0.2) is 31.7 Å². The molecule has 0 aromatic heterocycles. The highest BCUT2D eigenvalue weighted by molar-refractivity contribution is 6.35. The van der Waals surface area contributed by atoms with E-state index in [2.05, 4.69) is 15.8 Å². The van der Waals surface area contributed by atoms with E-state index in [0.717, 1.165) is 22.6 Å². The number of amides is 2. The summed E-state index contributed by atoms with van der Waals surface area (Å²) in [6.07, 6.45) is 1.45. The van der Waals surface area contributed by atoms with Crippen LogP contribution in [0.15, 0.2) is 53.6 Å². The lowest BCUT2D eigenvalue weighted by molar-refractivity contribution is -0.139. The summed E-state index contributed by atoms with van der Waals surface area (Å²) < 4.78 is 10.4. The average molecular weight is 369 g/mol. The van der Waals surface area contributed by atoms with Gasteiger partial charge in [-0.15, -0.1) is 0 Å². The van der Waals surface area contributed by atoms with Crippen LogP contribution in [0.4, 0.5) is 0 Å². The molecule has 0 aliphatic carbocycles. The van der Waals surface area contributed by atoms with Gasteiger partial charge in [0.25, 0.3) is 0 Å². The molecular formula is C20H23N3O4. The molecule has 2 aromatic carbocycles. The average Bonchev–Trinajstić information content (AvgIpc) is 2.69. The first-order chi connectivity index (χ1) is 13.0. The summed E-state index contributed by atoms with van der Waals surface area (Å²) >= 11 is 0. The van der Waals surface area contributed by atoms with Gasteiger partial charge in [0.2, 0.25) is 0 Å². The molecule has 7 heteroatoms. The van der Waals surface area contributed by atoms with Crippen LogP contribution in [0.5, 0.6) is 11.5 Å². The van der Waals surface area contributed by atoms with Gasteiger partial charge in [-0.05, 0) is 61.4 Å². The summed E-state index contributed by atoms with van der Waals surface area (Å²) in [5.41, 5.74) is 3.84. The third kappa shape index (κ3) is 6.14. The highest BCUT2D eigenvalue weighted by Gasteiger charge is 2.16. The molecule has 2 rings (SSSR count). The van der Waals surface area contributed by atoms with E-state index in [1.807, 2.05) is 19.1 Å². The Labute approximate surface area is 158 Å². The lowest BCUT2D eigenvalue weighted by Gasteiger charge is -2.13. The van der Waals surface area contributed by atoms with E-state index < -0.39 is 11.8 Å². The molecule has 2 amide bonds. The molecule has 2 N–H and O–H groups in total. The van der Waals surface area contributed by atoms with Crippen molar-refractivity contribution in [1.82, 2.24) is 10.7 Å². The quantitative estimate of drug-likeness (QED) is 0.446. The van der Waals surface area contributed by atoms with E-state index in [1.54, 1.807) is 50.4 Å². The SMILES string of the molecule is CCOc1ccc(/C=N/NC(=O)C(=O)NC(C)c2ccc(OC)cc2)cc1. The van der Waals surface area contributed by atoms with E-state index in [4.69, 9.17) is 9.47 Å². The van der Waals surface area contributed by atoms with Crippen LogP contribution in [0.2, 0.25) is 0 Å². The molecular weight excluding hydrogens is 346 g/mol. The van der Waals surface area contributed by atoms with Crippen molar-refractivity contribution in [3.05, 3.63) is 59.7 Å². The normalized spacial score (nSPS) is 11.7. The van der Waals surface area contributed by atoms with Gasteiger partial charge in [-0.25, -0.2) is 5.43 Å². The Morgan fingerprint density at radius 2 is 1.67 bits per heavy atom. The maximum atomic E-state index is 12.0. The van der Waals surface area contributed by atoms with Crippen LogP contribution >= 0.6 is 0 Å². The molecule has 1 atom stereocenters. The van der Waals surface area contributed by atoms with Crippen molar-refractivity contribution < 1.29 is 19.1 Å². The van der Waals surface area contributed by atoms with Crippen molar-refractivity contribution >= 4 is 18.0 Å². The predicted octanol–water partition coefficient (Wildman–Crippen LogP) is 2.42. The predicted molar refractivity (Wildman–Crippen MR) is 103 cm³/mol. The fourth-order valence-electron chi connectivity index (χ4n) is 2.27. The molecule has 0 heterocycles. The molecule has 27 heavy (non-hydrogen) atoms. The number of rotatable bonds is 7. The molecule has 0 aliphatic heterocycles. The van der Waals surface area contributed by atoms with E-state index in [1.165, 1.54) is 6.21 Å². The molecule has 142 valence electrons. The van der Waals surface area contributed by atoms with Gasteiger partial charge in [-0.1, -0.05) is 12.1 Å². The zero-order valence-corrected chi connectivity index (χ0v) is 15.6. The minimum absolute atomic E-state index is 0.329. The summed E-state index contributed by atoms with van der Waals surface area (Å²) in [7, 11) is 1.58. The maximum absolute atomic E-state index is 12.0. The number of carbonyl (C=O) groups is 2. The fourth-order valence-corrected chi connectivity index (χ4v) is 2.27. The van der Waals surface area contributed by atoms with Crippen molar-refractivity contribution in [2.75, 3.05) is 13.7 Å². The van der Waals surface area contributed by atoms with Crippen LogP contribution in [0, 0.1) is 0 Å². The number of hydrazone groups is 1. The van der Waals surface area contributed by atoms with Gasteiger partial charge in [-0.3, -0.25) is 9.59 Å². The summed E-state index contributed by atoms with van der Waals surface area (Å²) in [5, 5.41) is 6.42. The molecule has 0 aliphatic rings. The van der Waals surface area contributed by atoms with Crippen LogP contribution in [0.3, 0.4) is 0 Å². The standard InChI is InChI=1S/C20H23N3O4/c1-4-27-18-9-5-15(6-10-18)13-21-23-20(25)19(24)22-14(2)16-7-11-17(26-3)12-8-16/h5-14H,4H2,1-3H3,(H,22,24)(H,23,25)/b21-13+. The molecule has 7 nitrogen and oxygen atoms in total. The Balaban J connectivity index is 1.84. The van der Waals surface area contributed by atoms with Gasteiger partial charge in [-0.2, -0.15) is 5.10 Å². The van der Waals surface area contributed by atoms with Gasteiger partial charge in [0, 0.05) is 0 Å². The van der Waals surface area contributed by atoms with Gasteiger partial charge in [0.15, 0.2) is 0 Å². The van der Waals surface area contributed by atoms with Crippen LogP contribution < -0.4 is 20.2 Å². The van der Waals surface area contributed by atoms with Crippen molar-refractivity contribution in [2.24, 2.45) is 5.10 Å². The first-order valence-electron chi connectivity index (χ1n) is 8.54. The highest BCUT2D eigenvalue weighted by Crippen LogP contribution is 2.17. The van der Waals surface area contributed by atoms with Crippen LogP contribution in [0.25, 0.3) is 0 Å². The molecule has 1 unspecified atom stereocenters. The summed E-state index contributed by atoms with van der Waals surface area (Å²) in [6, 6.07) is 14.1. The van der Waals surface area contributed by atoms with Gasteiger partial charge >= 0.3 is 11.8 Å². The first kappa shape index (κ1) is 20.0. The number of hydrogen-bond donors (Lipinski definition) is 2. The number of benzene rings is 2. The Morgan fingerprint density at radius 3 is 2.26 bits per heavy atom. The Morgan fingerprint density at radius 1 is 1.04 bits per heavy atom. The summed E-state index contributed by atoms with van der Waals surface area (Å²) in [4.78, 5) is 23.8. The number of methoxy groups -OCH3 is 1. The van der Waals surface area contributed by atoms with E-state index >= 15 is 0 Å². The molecule has 0 radical (unpaired) electrons. The molecule has 2 aromatic rings. The number of ether oxygens (including phenoxy) is 2. The van der Waals surface area contributed by atoms with Crippen LogP contribution in [-0.2, 0) is 9.59 Å².